The summed E-state index contributed by atoms with van der Waals surface area (Å²) in [7, 11) is -3.39. The van der Waals surface area contributed by atoms with E-state index in [-0.39, 0.29) is 17.3 Å². The quantitative estimate of drug-likeness (QED) is 0.393. The fourth-order valence-corrected chi connectivity index (χ4v) is 3.82. The number of ether oxygens (including phenoxy) is 1. The van der Waals surface area contributed by atoms with Crippen LogP contribution in [0.5, 0.6) is 0 Å². The fraction of sp³-hybridized carbons (Fsp3) is 0.208. The number of benzene rings is 2. The van der Waals surface area contributed by atoms with E-state index in [0.29, 0.717) is 11.4 Å². The summed E-state index contributed by atoms with van der Waals surface area (Å²) < 4.78 is 29.5. The largest absolute Gasteiger partial charge is 0.464 e. The molecule has 0 saturated heterocycles. The van der Waals surface area contributed by atoms with Gasteiger partial charge in [-0.25, -0.2) is 13.2 Å². The predicted molar refractivity (Wildman–Crippen MR) is 120 cm³/mol. The van der Waals surface area contributed by atoms with Crippen LogP contribution in [0.15, 0.2) is 88.9 Å². The molecular weight excluding hydrogens is 412 g/mol. The van der Waals surface area contributed by atoms with Crippen LogP contribution in [0.3, 0.4) is 0 Å². The first-order valence-corrected chi connectivity index (χ1v) is 11.7. The van der Waals surface area contributed by atoms with Crippen molar-refractivity contribution in [2.24, 2.45) is 4.99 Å². The third-order valence-corrected chi connectivity index (χ3v) is 6.36. The van der Waals surface area contributed by atoms with Crippen LogP contribution >= 0.6 is 0 Å². The maximum absolute atomic E-state index is 12.8. The molecule has 0 N–H and O–H groups in total. The fourth-order valence-electron chi connectivity index (χ4n) is 3.00. The second-order valence-corrected chi connectivity index (χ2v) is 8.96. The van der Waals surface area contributed by atoms with Crippen LogP contribution in [-0.2, 0) is 19.4 Å². The number of aliphatic imine (C=N–C) groups is 1. The summed E-state index contributed by atoms with van der Waals surface area (Å²) in [4.78, 5) is 21.9. The maximum Gasteiger partial charge on any atom is 0.337 e. The lowest BCUT2D eigenvalue weighted by Gasteiger charge is -2.15. The zero-order chi connectivity index (χ0) is 22.3. The van der Waals surface area contributed by atoms with Crippen molar-refractivity contribution >= 4 is 21.5 Å². The maximum atomic E-state index is 12.8. The standard InChI is InChI=1S/C24H24N2O4S/c1-3-30-24(27)23(21-16-15-20(17-25-21)31(28,29)4-2)26-22(18-11-7-5-8-12-18)19-13-9-6-10-14-19/h5-17,23H,3-4H2,1-2H3. The van der Waals surface area contributed by atoms with Crippen molar-refractivity contribution in [3.8, 4) is 0 Å². The van der Waals surface area contributed by atoms with Gasteiger partial charge in [0.1, 0.15) is 0 Å². The first-order valence-electron chi connectivity index (χ1n) is 10.00. The van der Waals surface area contributed by atoms with Gasteiger partial charge >= 0.3 is 5.97 Å². The highest BCUT2D eigenvalue weighted by Crippen LogP contribution is 2.23. The smallest absolute Gasteiger partial charge is 0.337 e. The molecule has 7 heteroatoms. The molecular formula is C24H24N2O4S. The highest BCUT2D eigenvalue weighted by molar-refractivity contribution is 7.91. The Kier molecular flexibility index (Phi) is 7.31. The Bertz CT molecular complexity index is 1100. The van der Waals surface area contributed by atoms with E-state index in [9.17, 15) is 13.2 Å². The van der Waals surface area contributed by atoms with Crippen molar-refractivity contribution < 1.29 is 17.9 Å². The summed E-state index contributed by atoms with van der Waals surface area (Å²) in [5.74, 6) is -0.579. The average molecular weight is 437 g/mol. The Hall–Kier alpha value is -3.32. The van der Waals surface area contributed by atoms with Crippen molar-refractivity contribution in [1.29, 1.82) is 0 Å². The number of hydrogen-bond acceptors (Lipinski definition) is 6. The molecule has 0 saturated carbocycles. The Morgan fingerprint density at radius 2 is 1.52 bits per heavy atom. The highest BCUT2D eigenvalue weighted by atomic mass is 32.2. The molecule has 160 valence electrons. The molecule has 0 aliphatic heterocycles. The van der Waals surface area contributed by atoms with Gasteiger partial charge in [0, 0.05) is 17.3 Å². The molecule has 0 aliphatic carbocycles. The van der Waals surface area contributed by atoms with Gasteiger partial charge in [-0.3, -0.25) is 9.98 Å². The van der Waals surface area contributed by atoms with E-state index in [1.807, 2.05) is 60.7 Å². The van der Waals surface area contributed by atoms with E-state index in [0.717, 1.165) is 11.1 Å². The molecule has 0 radical (unpaired) electrons. The normalized spacial score (nSPS) is 12.1. The minimum atomic E-state index is -3.39. The zero-order valence-electron chi connectivity index (χ0n) is 17.4. The van der Waals surface area contributed by atoms with Crippen LogP contribution in [0, 0.1) is 0 Å². The molecule has 0 aliphatic rings. The van der Waals surface area contributed by atoms with Gasteiger partial charge < -0.3 is 4.74 Å². The third-order valence-electron chi connectivity index (χ3n) is 4.64. The van der Waals surface area contributed by atoms with Crippen molar-refractivity contribution in [3.05, 3.63) is 95.8 Å². The predicted octanol–water partition coefficient (Wildman–Crippen LogP) is 4.02. The van der Waals surface area contributed by atoms with Gasteiger partial charge in [0.05, 0.1) is 28.7 Å². The molecule has 6 nitrogen and oxygen atoms in total. The molecule has 2 aromatic carbocycles. The molecule has 1 unspecified atom stereocenters. The number of rotatable bonds is 8. The number of sulfone groups is 1. The summed E-state index contributed by atoms with van der Waals surface area (Å²) in [5.41, 5.74) is 2.62. The monoisotopic (exact) mass is 436 g/mol. The first-order chi connectivity index (χ1) is 15.0. The van der Waals surface area contributed by atoms with E-state index in [2.05, 4.69) is 4.98 Å². The topological polar surface area (TPSA) is 85.7 Å². The summed E-state index contributed by atoms with van der Waals surface area (Å²) >= 11 is 0. The molecule has 31 heavy (non-hydrogen) atoms. The molecule has 0 spiro atoms. The second-order valence-electron chi connectivity index (χ2n) is 6.69. The van der Waals surface area contributed by atoms with E-state index in [1.54, 1.807) is 13.8 Å². The van der Waals surface area contributed by atoms with E-state index in [1.165, 1.54) is 18.3 Å². The van der Waals surface area contributed by atoms with Crippen LogP contribution < -0.4 is 0 Å². The van der Waals surface area contributed by atoms with Crippen molar-refractivity contribution in [1.82, 2.24) is 4.98 Å². The lowest BCUT2D eigenvalue weighted by atomic mass is 10.0. The van der Waals surface area contributed by atoms with Crippen molar-refractivity contribution in [3.63, 3.8) is 0 Å². The van der Waals surface area contributed by atoms with E-state index >= 15 is 0 Å². The summed E-state index contributed by atoms with van der Waals surface area (Å²) in [6.45, 7) is 3.48. The minimum Gasteiger partial charge on any atom is -0.464 e. The van der Waals surface area contributed by atoms with E-state index < -0.39 is 21.8 Å². The molecule has 3 rings (SSSR count). The second kappa shape index (κ2) is 10.1. The van der Waals surface area contributed by atoms with Gasteiger partial charge in [0.15, 0.2) is 15.9 Å². The molecule has 0 bridgehead atoms. The molecule has 0 amide bonds. The molecule has 1 atom stereocenters. The summed E-state index contributed by atoms with van der Waals surface area (Å²) in [6.07, 6.45) is 1.26. The SMILES string of the molecule is CCOC(=O)C(N=C(c1ccccc1)c1ccccc1)c1ccc(S(=O)(=O)CC)cn1. The first kappa shape index (κ1) is 22.4. The molecule has 0 fully saturated rings. The van der Waals surface area contributed by atoms with Gasteiger partial charge in [0.2, 0.25) is 0 Å². The number of carbonyl (C=O) groups excluding carboxylic acids is 1. The summed E-state index contributed by atoms with van der Waals surface area (Å²) in [6, 6.07) is 21.0. The van der Waals surface area contributed by atoms with Gasteiger partial charge in [-0.05, 0) is 19.1 Å². The summed E-state index contributed by atoms with van der Waals surface area (Å²) in [5, 5.41) is 0. The van der Waals surface area contributed by atoms with Gasteiger partial charge in [-0.1, -0.05) is 67.6 Å². The number of pyridine rings is 1. The van der Waals surface area contributed by atoms with Crippen LogP contribution in [-0.4, -0.2) is 37.4 Å². The Morgan fingerprint density at radius 3 is 1.97 bits per heavy atom. The van der Waals surface area contributed by atoms with Crippen LogP contribution in [0.4, 0.5) is 0 Å². The van der Waals surface area contributed by atoms with Gasteiger partial charge in [-0.15, -0.1) is 0 Å². The van der Waals surface area contributed by atoms with Crippen molar-refractivity contribution in [2.75, 3.05) is 12.4 Å². The number of hydrogen-bond donors (Lipinski definition) is 0. The number of carbonyl (C=O) groups is 1. The van der Waals surface area contributed by atoms with Gasteiger partial charge in [0.25, 0.3) is 0 Å². The lowest BCUT2D eigenvalue weighted by molar-refractivity contribution is -0.144. The number of nitrogens with zero attached hydrogens (tertiary/aromatic N) is 2. The Balaban J connectivity index is 2.12. The third kappa shape index (κ3) is 5.44. The Labute approximate surface area is 182 Å². The zero-order valence-corrected chi connectivity index (χ0v) is 18.2. The minimum absolute atomic E-state index is 0.0281. The molecule has 3 aromatic rings. The lowest BCUT2D eigenvalue weighted by Crippen LogP contribution is -2.18. The van der Waals surface area contributed by atoms with Crippen LogP contribution in [0.1, 0.15) is 36.7 Å². The van der Waals surface area contributed by atoms with Gasteiger partial charge in [-0.2, -0.15) is 0 Å². The highest BCUT2D eigenvalue weighted by Gasteiger charge is 2.25. The number of esters is 1. The van der Waals surface area contributed by atoms with Crippen molar-refractivity contribution in [2.45, 2.75) is 24.8 Å². The van der Waals surface area contributed by atoms with Crippen LogP contribution in [0.25, 0.3) is 0 Å². The van der Waals surface area contributed by atoms with Crippen LogP contribution in [0.2, 0.25) is 0 Å². The van der Waals surface area contributed by atoms with E-state index in [4.69, 9.17) is 9.73 Å². The molecule has 1 aromatic heterocycles. The average Bonchev–Trinajstić information content (AvgIpc) is 2.81. The Morgan fingerprint density at radius 1 is 0.935 bits per heavy atom. The number of aromatic nitrogens is 1. The molecule has 1 heterocycles.